The van der Waals surface area contributed by atoms with Gasteiger partial charge in [-0.05, 0) is 46.1 Å². The molecule has 0 radical (unpaired) electrons. The van der Waals surface area contributed by atoms with Crippen LogP contribution in [0.3, 0.4) is 0 Å². The molecule has 2 amide bonds. The number of anilines is 1. The third-order valence-corrected chi connectivity index (χ3v) is 5.13. The lowest BCUT2D eigenvalue weighted by atomic mass is 10.2. The predicted octanol–water partition coefficient (Wildman–Crippen LogP) is 3.04. The molecule has 1 N–H and O–H groups in total. The Morgan fingerprint density at radius 1 is 1.04 bits per heavy atom. The lowest BCUT2D eigenvalue weighted by molar-refractivity contribution is -0.144. The molecule has 26 heavy (non-hydrogen) atoms. The summed E-state index contributed by atoms with van der Waals surface area (Å²) in [6, 6.07) is 15.9. The van der Waals surface area contributed by atoms with Crippen molar-refractivity contribution in [1.82, 2.24) is 9.80 Å². The van der Waals surface area contributed by atoms with Crippen molar-refractivity contribution in [3.63, 3.8) is 0 Å². The number of carbonyl (C=O) groups excluding carboxylic acids is 2. The molecule has 0 saturated carbocycles. The van der Waals surface area contributed by atoms with Gasteiger partial charge in [-0.3, -0.25) is 14.5 Å². The number of aryl methyl sites for hydroxylation is 1. The van der Waals surface area contributed by atoms with Crippen LogP contribution in [0, 0.1) is 6.92 Å². The molecule has 1 saturated heterocycles. The van der Waals surface area contributed by atoms with Gasteiger partial charge in [0.05, 0.1) is 5.69 Å². The highest BCUT2D eigenvalue weighted by Crippen LogP contribution is 2.23. The van der Waals surface area contributed by atoms with Gasteiger partial charge in [-0.15, -0.1) is 0 Å². The summed E-state index contributed by atoms with van der Waals surface area (Å²) in [5.74, 6) is -1.07. The molecular formula is C20H22BrN3O2. The third-order valence-electron chi connectivity index (χ3n) is 4.48. The Morgan fingerprint density at radius 3 is 2.38 bits per heavy atom. The molecule has 3 rings (SSSR count). The van der Waals surface area contributed by atoms with E-state index < -0.39 is 11.8 Å². The fourth-order valence-corrected chi connectivity index (χ4v) is 3.58. The maximum atomic E-state index is 12.4. The largest absolute Gasteiger partial charge is 0.332 e. The molecule has 0 spiro atoms. The van der Waals surface area contributed by atoms with Crippen molar-refractivity contribution in [2.45, 2.75) is 13.5 Å². The van der Waals surface area contributed by atoms with E-state index in [2.05, 4.69) is 38.3 Å². The zero-order chi connectivity index (χ0) is 18.5. The number of rotatable bonds is 3. The minimum absolute atomic E-state index is 0.475. The lowest BCUT2D eigenvalue weighted by Crippen LogP contribution is -2.51. The van der Waals surface area contributed by atoms with Crippen LogP contribution in [-0.2, 0) is 16.1 Å². The van der Waals surface area contributed by atoms with Crippen LogP contribution in [-0.4, -0.2) is 47.8 Å². The Bertz CT molecular complexity index is 787. The molecule has 5 nitrogen and oxygen atoms in total. The van der Waals surface area contributed by atoms with Crippen LogP contribution in [0.2, 0.25) is 0 Å². The Hall–Kier alpha value is -2.18. The molecule has 1 aliphatic rings. The van der Waals surface area contributed by atoms with E-state index in [0.717, 1.165) is 29.7 Å². The van der Waals surface area contributed by atoms with Gasteiger partial charge in [-0.2, -0.15) is 0 Å². The Morgan fingerprint density at radius 2 is 1.73 bits per heavy atom. The van der Waals surface area contributed by atoms with E-state index in [-0.39, 0.29) is 0 Å². The molecule has 136 valence electrons. The first-order chi connectivity index (χ1) is 12.5. The molecule has 0 bridgehead atoms. The highest BCUT2D eigenvalue weighted by Gasteiger charge is 2.26. The van der Waals surface area contributed by atoms with Crippen LogP contribution in [0.1, 0.15) is 11.1 Å². The van der Waals surface area contributed by atoms with E-state index in [0.29, 0.717) is 18.8 Å². The van der Waals surface area contributed by atoms with E-state index in [9.17, 15) is 9.59 Å². The summed E-state index contributed by atoms with van der Waals surface area (Å²) >= 11 is 3.41. The lowest BCUT2D eigenvalue weighted by Gasteiger charge is -2.34. The van der Waals surface area contributed by atoms with Gasteiger partial charge in [-0.1, -0.05) is 36.4 Å². The number of benzene rings is 2. The van der Waals surface area contributed by atoms with E-state index in [4.69, 9.17) is 0 Å². The van der Waals surface area contributed by atoms with Crippen molar-refractivity contribution in [3.8, 4) is 0 Å². The number of halogens is 1. The molecule has 1 fully saturated rings. The third kappa shape index (κ3) is 4.71. The number of carbonyl (C=O) groups is 2. The fraction of sp³-hybridized carbons (Fsp3) is 0.300. The standard InChI is InChI=1S/C20H22BrN3O2/c1-15-7-8-18(17(21)13-15)22-19(25)20(26)24-11-9-23(10-12-24)14-16-5-3-2-4-6-16/h2-8,13H,9-12,14H2,1H3,(H,22,25). The predicted molar refractivity (Wildman–Crippen MR) is 106 cm³/mol. The Balaban J connectivity index is 1.52. The van der Waals surface area contributed by atoms with Crippen LogP contribution in [0.25, 0.3) is 0 Å². The van der Waals surface area contributed by atoms with Crippen molar-refractivity contribution >= 4 is 33.4 Å². The van der Waals surface area contributed by atoms with Crippen LogP contribution in [0.5, 0.6) is 0 Å². The summed E-state index contributed by atoms with van der Waals surface area (Å²) in [6.07, 6.45) is 0. The molecular weight excluding hydrogens is 394 g/mol. The molecule has 0 aliphatic carbocycles. The second kappa shape index (κ2) is 8.47. The normalized spacial score (nSPS) is 14.9. The summed E-state index contributed by atoms with van der Waals surface area (Å²) in [4.78, 5) is 28.6. The molecule has 0 unspecified atom stereocenters. The number of hydrogen-bond acceptors (Lipinski definition) is 3. The number of nitrogens with zero attached hydrogens (tertiary/aromatic N) is 2. The quantitative estimate of drug-likeness (QED) is 0.783. The Labute approximate surface area is 162 Å². The number of nitrogens with one attached hydrogen (secondary N) is 1. The minimum Gasteiger partial charge on any atom is -0.332 e. The summed E-state index contributed by atoms with van der Waals surface area (Å²) in [5.41, 5.74) is 2.95. The first kappa shape index (κ1) is 18.6. The van der Waals surface area contributed by atoms with E-state index >= 15 is 0 Å². The average Bonchev–Trinajstić information content (AvgIpc) is 2.65. The minimum atomic E-state index is -0.592. The van der Waals surface area contributed by atoms with Crippen LogP contribution < -0.4 is 5.32 Å². The molecule has 1 aliphatic heterocycles. The number of piperazine rings is 1. The molecule has 2 aromatic carbocycles. The molecule has 0 aromatic heterocycles. The molecule has 1 heterocycles. The highest BCUT2D eigenvalue weighted by atomic mass is 79.9. The van der Waals surface area contributed by atoms with Crippen LogP contribution >= 0.6 is 15.9 Å². The average molecular weight is 416 g/mol. The van der Waals surface area contributed by atoms with Crippen LogP contribution in [0.15, 0.2) is 53.0 Å². The molecule has 2 aromatic rings. The van der Waals surface area contributed by atoms with E-state index in [1.54, 1.807) is 11.0 Å². The molecule has 6 heteroatoms. The second-order valence-corrected chi connectivity index (χ2v) is 7.35. The van der Waals surface area contributed by atoms with E-state index in [1.807, 2.05) is 37.3 Å². The first-order valence-electron chi connectivity index (χ1n) is 8.65. The Kier molecular flexibility index (Phi) is 6.06. The zero-order valence-corrected chi connectivity index (χ0v) is 16.3. The zero-order valence-electron chi connectivity index (χ0n) is 14.7. The van der Waals surface area contributed by atoms with Gasteiger partial charge >= 0.3 is 11.8 Å². The highest BCUT2D eigenvalue weighted by molar-refractivity contribution is 9.10. The van der Waals surface area contributed by atoms with Crippen molar-refractivity contribution in [3.05, 3.63) is 64.1 Å². The molecule has 0 atom stereocenters. The maximum absolute atomic E-state index is 12.4. The summed E-state index contributed by atoms with van der Waals surface area (Å²) in [6.45, 7) is 5.49. The van der Waals surface area contributed by atoms with Crippen molar-refractivity contribution in [2.75, 3.05) is 31.5 Å². The smallest absolute Gasteiger partial charge is 0.313 e. The van der Waals surface area contributed by atoms with Gasteiger partial charge < -0.3 is 10.2 Å². The summed E-state index contributed by atoms with van der Waals surface area (Å²) in [7, 11) is 0. The number of hydrogen-bond donors (Lipinski definition) is 1. The van der Waals surface area contributed by atoms with Crippen molar-refractivity contribution in [1.29, 1.82) is 0 Å². The maximum Gasteiger partial charge on any atom is 0.313 e. The van der Waals surface area contributed by atoms with Crippen LogP contribution in [0.4, 0.5) is 5.69 Å². The van der Waals surface area contributed by atoms with Gasteiger partial charge in [0.2, 0.25) is 0 Å². The SMILES string of the molecule is Cc1ccc(NC(=O)C(=O)N2CCN(Cc3ccccc3)CC2)c(Br)c1. The van der Waals surface area contributed by atoms with Crippen molar-refractivity contribution < 1.29 is 9.59 Å². The van der Waals surface area contributed by atoms with Crippen molar-refractivity contribution in [2.24, 2.45) is 0 Å². The summed E-state index contributed by atoms with van der Waals surface area (Å²) < 4.78 is 0.770. The summed E-state index contributed by atoms with van der Waals surface area (Å²) in [5, 5.41) is 2.69. The fourth-order valence-electron chi connectivity index (χ4n) is 2.99. The van der Waals surface area contributed by atoms with Gasteiger partial charge in [0.1, 0.15) is 0 Å². The first-order valence-corrected chi connectivity index (χ1v) is 9.45. The van der Waals surface area contributed by atoms with Gasteiger partial charge in [-0.25, -0.2) is 0 Å². The topological polar surface area (TPSA) is 52.7 Å². The monoisotopic (exact) mass is 415 g/mol. The second-order valence-electron chi connectivity index (χ2n) is 6.49. The van der Waals surface area contributed by atoms with E-state index in [1.165, 1.54) is 5.56 Å². The van der Waals surface area contributed by atoms with Gasteiger partial charge in [0.15, 0.2) is 0 Å². The van der Waals surface area contributed by atoms with Gasteiger partial charge in [0, 0.05) is 37.2 Å². The van der Waals surface area contributed by atoms with Gasteiger partial charge in [0.25, 0.3) is 0 Å². The number of amides is 2.